The smallest absolute Gasteiger partial charge is 0.399 e. The molecule has 0 bridgehead atoms. The van der Waals surface area contributed by atoms with Crippen LogP contribution in [0.3, 0.4) is 0 Å². The second-order valence-corrected chi connectivity index (χ2v) is 6.96. The molecule has 0 N–H and O–H groups in total. The fourth-order valence-corrected chi connectivity index (χ4v) is 2.33. The summed E-state index contributed by atoms with van der Waals surface area (Å²) in [6.07, 6.45) is -2.74. The minimum atomic E-state index is -4.27. The monoisotopic (exact) mass is 330 g/mol. The van der Waals surface area contributed by atoms with Crippen LogP contribution in [0.5, 0.6) is 0 Å². The van der Waals surface area contributed by atoms with Crippen molar-refractivity contribution in [1.29, 1.82) is 0 Å². The molecule has 128 valence electrons. The molecule has 0 unspecified atom stereocenters. The van der Waals surface area contributed by atoms with Crippen molar-refractivity contribution in [2.24, 2.45) is 0 Å². The third kappa shape index (κ3) is 3.80. The number of pyridine rings is 1. The Bertz CT molecular complexity index is 575. The van der Waals surface area contributed by atoms with E-state index >= 15 is 0 Å². The summed E-state index contributed by atoms with van der Waals surface area (Å²) in [5.41, 5.74) is 0.557. The standard InChI is InChI=1S/C15H22BF3N2O2/c1-10-7-12(21(6)9-15(17,18)19)20-8-11(10)16-22-13(2,3)14(4,5)23-16/h7-8H,9H2,1-6H3. The number of halogens is 3. The van der Waals surface area contributed by atoms with Crippen LogP contribution in [0.2, 0.25) is 0 Å². The van der Waals surface area contributed by atoms with Gasteiger partial charge in [0.25, 0.3) is 0 Å². The van der Waals surface area contributed by atoms with Crippen molar-refractivity contribution in [3.05, 3.63) is 17.8 Å². The van der Waals surface area contributed by atoms with Gasteiger partial charge in [0.15, 0.2) is 0 Å². The normalized spacial score (nSPS) is 20.0. The van der Waals surface area contributed by atoms with E-state index < -0.39 is 31.0 Å². The number of hydrogen-bond acceptors (Lipinski definition) is 4. The molecular weight excluding hydrogens is 308 g/mol. The van der Waals surface area contributed by atoms with E-state index in [1.807, 2.05) is 34.6 Å². The summed E-state index contributed by atoms with van der Waals surface area (Å²) in [7, 11) is 0.790. The zero-order valence-corrected chi connectivity index (χ0v) is 14.3. The molecule has 1 aromatic heterocycles. The number of aryl methyl sites for hydroxylation is 1. The average Bonchev–Trinajstić information content (AvgIpc) is 2.55. The largest absolute Gasteiger partial charge is 0.496 e. The lowest BCUT2D eigenvalue weighted by atomic mass is 9.77. The van der Waals surface area contributed by atoms with Gasteiger partial charge >= 0.3 is 13.3 Å². The molecule has 1 aromatic rings. The lowest BCUT2D eigenvalue weighted by molar-refractivity contribution is -0.119. The Hall–Kier alpha value is -1.28. The van der Waals surface area contributed by atoms with Gasteiger partial charge in [-0.25, -0.2) is 4.98 Å². The van der Waals surface area contributed by atoms with Crippen molar-refractivity contribution in [3.8, 4) is 0 Å². The molecule has 23 heavy (non-hydrogen) atoms. The molecule has 1 aliphatic heterocycles. The lowest BCUT2D eigenvalue weighted by Gasteiger charge is -2.32. The first-order valence-electron chi connectivity index (χ1n) is 7.42. The van der Waals surface area contributed by atoms with Gasteiger partial charge in [0.2, 0.25) is 0 Å². The minimum absolute atomic E-state index is 0.264. The Labute approximate surface area is 135 Å². The molecule has 0 amide bonds. The Morgan fingerprint density at radius 1 is 1.17 bits per heavy atom. The van der Waals surface area contributed by atoms with Gasteiger partial charge in [-0.3, -0.25) is 0 Å². The lowest BCUT2D eigenvalue weighted by Crippen LogP contribution is -2.41. The molecule has 0 radical (unpaired) electrons. The second kappa shape index (κ2) is 5.67. The van der Waals surface area contributed by atoms with Crippen molar-refractivity contribution < 1.29 is 22.5 Å². The molecule has 1 fully saturated rings. The van der Waals surface area contributed by atoms with Crippen LogP contribution in [0, 0.1) is 6.92 Å². The Kier molecular flexibility index (Phi) is 4.45. The zero-order chi connectivity index (χ0) is 17.6. The van der Waals surface area contributed by atoms with Crippen LogP contribution in [0.15, 0.2) is 12.3 Å². The number of rotatable bonds is 3. The number of hydrogen-bond donors (Lipinski definition) is 0. The summed E-state index contributed by atoms with van der Waals surface area (Å²) in [5.74, 6) is 0.264. The maximum atomic E-state index is 12.5. The van der Waals surface area contributed by atoms with Crippen LogP contribution in [0.25, 0.3) is 0 Å². The van der Waals surface area contributed by atoms with Crippen LogP contribution in [-0.4, -0.2) is 43.1 Å². The second-order valence-electron chi connectivity index (χ2n) is 6.96. The number of alkyl halides is 3. The zero-order valence-electron chi connectivity index (χ0n) is 14.3. The van der Waals surface area contributed by atoms with E-state index in [9.17, 15) is 13.2 Å². The summed E-state index contributed by atoms with van der Waals surface area (Å²) in [5, 5.41) is 0. The van der Waals surface area contributed by atoms with Crippen LogP contribution in [0.4, 0.5) is 19.0 Å². The molecule has 0 aromatic carbocycles. The number of anilines is 1. The SMILES string of the molecule is Cc1cc(N(C)CC(F)(F)F)ncc1B1OC(C)(C)C(C)(C)O1. The molecule has 8 heteroatoms. The third-order valence-corrected chi connectivity index (χ3v) is 4.45. The average molecular weight is 330 g/mol. The van der Waals surface area contributed by atoms with Crippen LogP contribution in [-0.2, 0) is 9.31 Å². The van der Waals surface area contributed by atoms with E-state index in [1.165, 1.54) is 13.2 Å². The van der Waals surface area contributed by atoms with Crippen molar-refractivity contribution in [2.45, 2.75) is 52.0 Å². The molecule has 4 nitrogen and oxygen atoms in total. The molecule has 0 atom stereocenters. The maximum Gasteiger partial charge on any atom is 0.496 e. The van der Waals surface area contributed by atoms with Gasteiger partial charge in [-0.1, -0.05) is 0 Å². The van der Waals surface area contributed by atoms with Gasteiger partial charge in [-0.05, 0) is 46.2 Å². The summed E-state index contributed by atoms with van der Waals surface area (Å²) >= 11 is 0. The highest BCUT2D eigenvalue weighted by atomic mass is 19.4. The molecular formula is C15H22BF3N2O2. The predicted molar refractivity (Wildman–Crippen MR) is 84.0 cm³/mol. The van der Waals surface area contributed by atoms with Gasteiger partial charge < -0.3 is 14.2 Å². The van der Waals surface area contributed by atoms with Crippen molar-refractivity contribution >= 4 is 18.4 Å². The van der Waals surface area contributed by atoms with Gasteiger partial charge in [0, 0.05) is 18.7 Å². The molecule has 2 rings (SSSR count). The summed E-state index contributed by atoms with van der Waals surface area (Å²) in [4.78, 5) is 5.20. The van der Waals surface area contributed by atoms with Crippen LogP contribution in [0.1, 0.15) is 33.3 Å². The molecule has 1 saturated heterocycles. The first-order chi connectivity index (χ1) is 10.3. The molecule has 0 saturated carbocycles. The van der Waals surface area contributed by atoms with E-state index in [0.29, 0.717) is 0 Å². The predicted octanol–water partition coefficient (Wildman–Crippen LogP) is 2.69. The first-order valence-corrected chi connectivity index (χ1v) is 7.42. The first kappa shape index (κ1) is 18.1. The molecule has 1 aliphatic rings. The van der Waals surface area contributed by atoms with E-state index in [1.54, 1.807) is 6.07 Å². The fourth-order valence-electron chi connectivity index (χ4n) is 2.33. The molecule has 0 spiro atoms. The Morgan fingerprint density at radius 2 is 1.70 bits per heavy atom. The summed E-state index contributed by atoms with van der Waals surface area (Å²) in [6.45, 7) is 8.55. The Morgan fingerprint density at radius 3 is 2.13 bits per heavy atom. The Balaban J connectivity index is 2.21. The highest BCUT2D eigenvalue weighted by Crippen LogP contribution is 2.36. The van der Waals surface area contributed by atoms with E-state index in [0.717, 1.165) is 15.9 Å². The van der Waals surface area contributed by atoms with Gasteiger partial charge in [0.05, 0.1) is 11.2 Å². The number of aromatic nitrogens is 1. The van der Waals surface area contributed by atoms with Crippen molar-refractivity contribution in [3.63, 3.8) is 0 Å². The van der Waals surface area contributed by atoms with Crippen molar-refractivity contribution in [1.82, 2.24) is 4.98 Å². The van der Waals surface area contributed by atoms with Crippen molar-refractivity contribution in [2.75, 3.05) is 18.5 Å². The van der Waals surface area contributed by atoms with Gasteiger partial charge in [0.1, 0.15) is 12.4 Å². The third-order valence-electron chi connectivity index (χ3n) is 4.45. The quantitative estimate of drug-likeness (QED) is 0.798. The van der Waals surface area contributed by atoms with E-state index in [-0.39, 0.29) is 5.82 Å². The van der Waals surface area contributed by atoms with Gasteiger partial charge in [-0.15, -0.1) is 0 Å². The maximum absolute atomic E-state index is 12.5. The highest BCUT2D eigenvalue weighted by molar-refractivity contribution is 6.62. The van der Waals surface area contributed by atoms with E-state index in [2.05, 4.69) is 4.98 Å². The topological polar surface area (TPSA) is 34.6 Å². The minimum Gasteiger partial charge on any atom is -0.399 e. The van der Waals surface area contributed by atoms with Gasteiger partial charge in [-0.2, -0.15) is 13.2 Å². The number of nitrogens with zero attached hydrogens (tertiary/aromatic N) is 2. The summed E-state index contributed by atoms with van der Waals surface area (Å²) in [6, 6.07) is 1.62. The van der Waals surface area contributed by atoms with E-state index in [4.69, 9.17) is 9.31 Å². The fraction of sp³-hybridized carbons (Fsp3) is 0.667. The van der Waals surface area contributed by atoms with Crippen LogP contribution < -0.4 is 10.4 Å². The summed E-state index contributed by atoms with van der Waals surface area (Å²) < 4.78 is 49.3. The highest BCUT2D eigenvalue weighted by Gasteiger charge is 2.52. The molecule has 2 heterocycles. The van der Waals surface area contributed by atoms with Crippen LogP contribution >= 0.6 is 0 Å². The molecule has 0 aliphatic carbocycles.